The molecule has 0 heterocycles. The van der Waals surface area contributed by atoms with Crippen LogP contribution in [-0.2, 0) is 9.84 Å². The summed E-state index contributed by atoms with van der Waals surface area (Å²) >= 11 is 0. The molecule has 2 N–H and O–H groups in total. The Morgan fingerprint density at radius 2 is 1.79 bits per heavy atom. The summed E-state index contributed by atoms with van der Waals surface area (Å²) in [6, 6.07) is 7.94. The Labute approximate surface area is 116 Å². The Balaban J connectivity index is 2.37. The SMILES string of the molecule is CC(CCN(C)CCS(C)(=O)=O)c1ccc(N)cc1. The van der Waals surface area contributed by atoms with E-state index in [4.69, 9.17) is 5.73 Å². The summed E-state index contributed by atoms with van der Waals surface area (Å²) in [5.41, 5.74) is 7.71. The highest BCUT2D eigenvalue weighted by Crippen LogP contribution is 2.20. The van der Waals surface area contributed by atoms with Crippen molar-refractivity contribution >= 4 is 15.5 Å². The van der Waals surface area contributed by atoms with E-state index in [2.05, 4.69) is 24.0 Å². The van der Waals surface area contributed by atoms with E-state index in [1.807, 2.05) is 19.2 Å². The van der Waals surface area contributed by atoms with Crippen molar-refractivity contribution in [3.63, 3.8) is 0 Å². The Kier molecular flexibility index (Phi) is 5.82. The standard InChI is InChI=1S/C14H24N2O2S/c1-12(13-4-6-14(15)7-5-13)8-9-16(2)10-11-19(3,17)18/h4-7,12H,8-11,15H2,1-3H3. The summed E-state index contributed by atoms with van der Waals surface area (Å²) < 4.78 is 22.2. The Morgan fingerprint density at radius 3 is 2.32 bits per heavy atom. The second-order valence-electron chi connectivity index (χ2n) is 5.29. The fourth-order valence-corrected chi connectivity index (χ4v) is 2.48. The Bertz CT molecular complexity index is 483. The van der Waals surface area contributed by atoms with Crippen molar-refractivity contribution in [1.29, 1.82) is 0 Å². The van der Waals surface area contributed by atoms with E-state index in [-0.39, 0.29) is 5.75 Å². The van der Waals surface area contributed by atoms with Crippen LogP contribution in [-0.4, -0.2) is 45.5 Å². The minimum atomic E-state index is -2.87. The van der Waals surface area contributed by atoms with Crippen LogP contribution in [0.4, 0.5) is 5.69 Å². The first-order chi connectivity index (χ1) is 8.78. The van der Waals surface area contributed by atoms with Gasteiger partial charge >= 0.3 is 0 Å². The van der Waals surface area contributed by atoms with Crippen molar-refractivity contribution < 1.29 is 8.42 Å². The van der Waals surface area contributed by atoms with Gasteiger partial charge in [0.05, 0.1) is 5.75 Å². The Hall–Kier alpha value is -1.07. The van der Waals surface area contributed by atoms with Crippen LogP contribution in [0, 0.1) is 0 Å². The van der Waals surface area contributed by atoms with Gasteiger partial charge in [-0.1, -0.05) is 19.1 Å². The molecule has 0 fully saturated rings. The average molecular weight is 284 g/mol. The van der Waals surface area contributed by atoms with Gasteiger partial charge in [0.1, 0.15) is 9.84 Å². The van der Waals surface area contributed by atoms with Gasteiger partial charge in [-0.05, 0) is 43.6 Å². The molecule has 0 saturated carbocycles. The van der Waals surface area contributed by atoms with Crippen molar-refractivity contribution in [2.75, 3.05) is 37.9 Å². The van der Waals surface area contributed by atoms with Gasteiger partial charge < -0.3 is 10.6 Å². The molecule has 1 rings (SSSR count). The molecule has 0 radical (unpaired) electrons. The van der Waals surface area contributed by atoms with Gasteiger partial charge in [-0.15, -0.1) is 0 Å². The molecule has 5 heteroatoms. The quantitative estimate of drug-likeness (QED) is 0.775. The number of nitrogens with zero attached hydrogens (tertiary/aromatic N) is 1. The van der Waals surface area contributed by atoms with Gasteiger partial charge in [0.25, 0.3) is 0 Å². The lowest BCUT2D eigenvalue weighted by Crippen LogP contribution is -2.27. The lowest BCUT2D eigenvalue weighted by Gasteiger charge is -2.19. The van der Waals surface area contributed by atoms with Crippen molar-refractivity contribution in [3.05, 3.63) is 29.8 Å². The predicted molar refractivity (Wildman–Crippen MR) is 81.1 cm³/mol. The van der Waals surface area contributed by atoms with Crippen LogP contribution in [0.3, 0.4) is 0 Å². The molecule has 0 bridgehead atoms. The average Bonchev–Trinajstić information content (AvgIpc) is 2.33. The van der Waals surface area contributed by atoms with Crippen LogP contribution < -0.4 is 5.73 Å². The molecule has 0 spiro atoms. The number of nitrogens with two attached hydrogens (primary N) is 1. The highest BCUT2D eigenvalue weighted by atomic mass is 32.2. The maximum absolute atomic E-state index is 11.1. The summed E-state index contributed by atoms with van der Waals surface area (Å²) in [6.45, 7) is 3.66. The lowest BCUT2D eigenvalue weighted by molar-refractivity contribution is 0.338. The van der Waals surface area contributed by atoms with Gasteiger partial charge in [-0.25, -0.2) is 8.42 Å². The minimum absolute atomic E-state index is 0.222. The molecular weight excluding hydrogens is 260 g/mol. The van der Waals surface area contributed by atoms with E-state index in [0.717, 1.165) is 18.7 Å². The van der Waals surface area contributed by atoms with Crippen molar-refractivity contribution in [2.45, 2.75) is 19.3 Å². The Morgan fingerprint density at radius 1 is 1.21 bits per heavy atom. The summed E-state index contributed by atoms with van der Waals surface area (Å²) in [6.07, 6.45) is 2.28. The summed E-state index contributed by atoms with van der Waals surface area (Å²) in [5.74, 6) is 0.668. The first-order valence-electron chi connectivity index (χ1n) is 6.49. The second-order valence-corrected chi connectivity index (χ2v) is 7.55. The fraction of sp³-hybridized carbons (Fsp3) is 0.571. The molecular formula is C14H24N2O2S. The molecule has 0 saturated heterocycles. The zero-order chi connectivity index (χ0) is 14.5. The van der Waals surface area contributed by atoms with Crippen molar-refractivity contribution in [2.24, 2.45) is 0 Å². The topological polar surface area (TPSA) is 63.4 Å². The van der Waals surface area contributed by atoms with E-state index in [1.165, 1.54) is 11.8 Å². The van der Waals surface area contributed by atoms with Crippen molar-refractivity contribution in [3.8, 4) is 0 Å². The van der Waals surface area contributed by atoms with Crippen LogP contribution in [0.1, 0.15) is 24.8 Å². The summed E-state index contributed by atoms with van der Waals surface area (Å²) in [4.78, 5) is 2.06. The number of anilines is 1. The third kappa shape index (κ3) is 6.59. The highest BCUT2D eigenvalue weighted by molar-refractivity contribution is 7.90. The maximum Gasteiger partial charge on any atom is 0.148 e. The number of rotatable bonds is 7. The smallest absolute Gasteiger partial charge is 0.148 e. The molecule has 1 atom stereocenters. The number of benzene rings is 1. The number of sulfone groups is 1. The van der Waals surface area contributed by atoms with E-state index in [1.54, 1.807) is 0 Å². The van der Waals surface area contributed by atoms with E-state index in [9.17, 15) is 8.42 Å². The van der Waals surface area contributed by atoms with Crippen LogP contribution in [0.25, 0.3) is 0 Å². The second kappa shape index (κ2) is 6.91. The summed E-state index contributed by atoms with van der Waals surface area (Å²) in [5, 5.41) is 0. The fourth-order valence-electron chi connectivity index (χ4n) is 1.84. The first-order valence-corrected chi connectivity index (χ1v) is 8.55. The zero-order valence-corrected chi connectivity index (χ0v) is 12.8. The van der Waals surface area contributed by atoms with Crippen LogP contribution in [0.15, 0.2) is 24.3 Å². The molecule has 108 valence electrons. The molecule has 4 nitrogen and oxygen atoms in total. The highest BCUT2D eigenvalue weighted by Gasteiger charge is 2.09. The van der Waals surface area contributed by atoms with Gasteiger partial charge in [-0.3, -0.25) is 0 Å². The van der Waals surface area contributed by atoms with Crippen LogP contribution >= 0.6 is 0 Å². The van der Waals surface area contributed by atoms with Gasteiger partial charge in [-0.2, -0.15) is 0 Å². The monoisotopic (exact) mass is 284 g/mol. The van der Waals surface area contributed by atoms with E-state index >= 15 is 0 Å². The van der Waals surface area contributed by atoms with E-state index in [0.29, 0.717) is 12.5 Å². The third-order valence-electron chi connectivity index (χ3n) is 3.29. The molecule has 1 aromatic carbocycles. The molecule has 0 amide bonds. The summed E-state index contributed by atoms with van der Waals surface area (Å²) in [7, 11) is -0.911. The van der Waals surface area contributed by atoms with Gasteiger partial charge in [0.15, 0.2) is 0 Å². The third-order valence-corrected chi connectivity index (χ3v) is 4.22. The van der Waals surface area contributed by atoms with Crippen LogP contribution in [0.5, 0.6) is 0 Å². The number of hydrogen-bond donors (Lipinski definition) is 1. The first kappa shape index (κ1) is 16.0. The van der Waals surface area contributed by atoms with Gasteiger partial charge in [0.2, 0.25) is 0 Å². The molecule has 0 aliphatic heterocycles. The van der Waals surface area contributed by atoms with Crippen LogP contribution in [0.2, 0.25) is 0 Å². The predicted octanol–water partition coefficient (Wildman–Crippen LogP) is 1.74. The molecule has 0 aliphatic carbocycles. The number of nitrogen functional groups attached to an aromatic ring is 1. The molecule has 19 heavy (non-hydrogen) atoms. The molecule has 0 aliphatic rings. The molecule has 0 aromatic heterocycles. The van der Waals surface area contributed by atoms with Gasteiger partial charge in [0, 0.05) is 18.5 Å². The zero-order valence-electron chi connectivity index (χ0n) is 12.0. The van der Waals surface area contributed by atoms with Crippen molar-refractivity contribution in [1.82, 2.24) is 4.90 Å². The lowest BCUT2D eigenvalue weighted by atomic mass is 9.97. The van der Waals surface area contributed by atoms with E-state index < -0.39 is 9.84 Å². The minimum Gasteiger partial charge on any atom is -0.399 e. The molecule has 1 aromatic rings. The largest absolute Gasteiger partial charge is 0.399 e. The molecule has 1 unspecified atom stereocenters. The normalized spacial score (nSPS) is 13.7. The number of hydrogen-bond acceptors (Lipinski definition) is 4. The maximum atomic E-state index is 11.1.